The second-order valence-corrected chi connectivity index (χ2v) is 5.68. The molecule has 1 aliphatic carbocycles. The van der Waals surface area contributed by atoms with Gasteiger partial charge in [0.2, 0.25) is 5.91 Å². The molecule has 0 N–H and O–H groups in total. The van der Waals surface area contributed by atoms with Gasteiger partial charge in [0.15, 0.2) is 0 Å². The van der Waals surface area contributed by atoms with Crippen molar-refractivity contribution in [2.75, 3.05) is 18.9 Å². The minimum absolute atomic E-state index is 0.0701. The Balaban J connectivity index is 2.49. The lowest BCUT2D eigenvalue weighted by Gasteiger charge is -2.35. The molecule has 0 aliphatic heterocycles. The highest BCUT2D eigenvalue weighted by atomic mass is 79.9. The van der Waals surface area contributed by atoms with Gasteiger partial charge in [0, 0.05) is 24.3 Å². The minimum atomic E-state index is -0.0701. The largest absolute Gasteiger partial charge is 0.345 e. The summed E-state index contributed by atoms with van der Waals surface area (Å²) < 4.78 is 0. The lowest BCUT2D eigenvalue weighted by molar-refractivity contribution is -0.141. The average molecular weight is 276 g/mol. The van der Waals surface area contributed by atoms with E-state index >= 15 is 0 Å². The third-order valence-corrected chi connectivity index (χ3v) is 4.01. The maximum absolute atomic E-state index is 12.2. The van der Waals surface area contributed by atoms with Crippen LogP contribution in [0.3, 0.4) is 0 Å². The van der Waals surface area contributed by atoms with Gasteiger partial charge >= 0.3 is 0 Å². The van der Waals surface area contributed by atoms with Crippen LogP contribution in [0.4, 0.5) is 0 Å². The van der Waals surface area contributed by atoms with Crippen molar-refractivity contribution in [2.24, 2.45) is 5.41 Å². The summed E-state index contributed by atoms with van der Waals surface area (Å²) >= 11 is 3.40. The van der Waals surface area contributed by atoms with Gasteiger partial charge in [0.1, 0.15) is 0 Å². The van der Waals surface area contributed by atoms with Crippen molar-refractivity contribution in [1.29, 1.82) is 0 Å². The van der Waals surface area contributed by atoms with Crippen LogP contribution in [0.5, 0.6) is 0 Å². The highest BCUT2D eigenvalue weighted by molar-refractivity contribution is 9.09. The summed E-state index contributed by atoms with van der Waals surface area (Å²) in [5.74, 6) is 0.350. The summed E-state index contributed by atoms with van der Waals surface area (Å²) in [5, 5.41) is 0.974. The van der Waals surface area contributed by atoms with Gasteiger partial charge < -0.3 is 4.90 Å². The molecule has 88 valence electrons. The smallest absolute Gasteiger partial charge is 0.228 e. The van der Waals surface area contributed by atoms with E-state index in [1.807, 2.05) is 11.9 Å². The Kier molecular flexibility index (Phi) is 5.10. The molecule has 0 aromatic rings. The molecule has 1 saturated carbocycles. The van der Waals surface area contributed by atoms with E-state index in [0.717, 1.165) is 31.1 Å². The predicted molar refractivity (Wildman–Crippen MR) is 67.2 cm³/mol. The summed E-state index contributed by atoms with van der Waals surface area (Å²) in [6, 6.07) is 0. The number of carbonyl (C=O) groups excluding carboxylic acids is 1. The van der Waals surface area contributed by atoms with Crippen LogP contribution in [-0.4, -0.2) is 29.7 Å². The van der Waals surface area contributed by atoms with Crippen molar-refractivity contribution >= 4 is 21.8 Å². The van der Waals surface area contributed by atoms with Crippen molar-refractivity contribution < 1.29 is 4.79 Å². The zero-order valence-electron chi connectivity index (χ0n) is 9.89. The minimum Gasteiger partial charge on any atom is -0.345 e. The number of carbonyl (C=O) groups is 1. The summed E-state index contributed by atoms with van der Waals surface area (Å²) in [7, 11) is 1.94. The van der Waals surface area contributed by atoms with E-state index in [0.29, 0.717) is 5.91 Å². The number of amides is 1. The van der Waals surface area contributed by atoms with Gasteiger partial charge in [-0.05, 0) is 19.3 Å². The molecule has 0 radical (unpaired) electrons. The van der Waals surface area contributed by atoms with Gasteiger partial charge in [-0.1, -0.05) is 42.1 Å². The van der Waals surface area contributed by atoms with Crippen LogP contribution in [0, 0.1) is 5.41 Å². The number of halogens is 1. The Labute approximate surface area is 102 Å². The maximum atomic E-state index is 12.2. The monoisotopic (exact) mass is 275 g/mol. The molecule has 0 aromatic carbocycles. The molecule has 0 saturated heterocycles. The molecule has 3 heteroatoms. The second kappa shape index (κ2) is 5.88. The van der Waals surface area contributed by atoms with Crippen molar-refractivity contribution in [3.63, 3.8) is 0 Å². The molecule has 0 atom stereocenters. The quantitative estimate of drug-likeness (QED) is 0.722. The zero-order chi connectivity index (χ0) is 11.3. The van der Waals surface area contributed by atoms with Crippen molar-refractivity contribution in [3.8, 4) is 0 Å². The molecular formula is C12H22BrNO. The first-order chi connectivity index (χ1) is 7.10. The van der Waals surface area contributed by atoms with Gasteiger partial charge in [-0.2, -0.15) is 0 Å². The van der Waals surface area contributed by atoms with Crippen LogP contribution < -0.4 is 0 Å². The van der Waals surface area contributed by atoms with E-state index in [4.69, 9.17) is 0 Å². The molecule has 0 aromatic heterocycles. The third-order valence-electron chi connectivity index (χ3n) is 3.45. The van der Waals surface area contributed by atoms with Crippen LogP contribution in [0.1, 0.15) is 45.4 Å². The summed E-state index contributed by atoms with van der Waals surface area (Å²) in [4.78, 5) is 14.1. The van der Waals surface area contributed by atoms with Gasteiger partial charge in [-0.25, -0.2) is 0 Å². The topological polar surface area (TPSA) is 20.3 Å². The van der Waals surface area contributed by atoms with Gasteiger partial charge in [-0.15, -0.1) is 0 Å². The van der Waals surface area contributed by atoms with Crippen molar-refractivity contribution in [2.45, 2.75) is 45.4 Å². The van der Waals surface area contributed by atoms with Crippen molar-refractivity contribution in [1.82, 2.24) is 4.90 Å². The first-order valence-electron chi connectivity index (χ1n) is 5.92. The Hall–Kier alpha value is -0.0500. The lowest BCUT2D eigenvalue weighted by atomic mass is 9.75. The third kappa shape index (κ3) is 3.47. The number of alkyl halides is 1. The van der Waals surface area contributed by atoms with Crippen LogP contribution in [-0.2, 0) is 4.79 Å². The Bertz CT molecular complexity index is 212. The van der Waals surface area contributed by atoms with E-state index in [2.05, 4.69) is 22.9 Å². The maximum Gasteiger partial charge on any atom is 0.228 e. The van der Waals surface area contributed by atoms with E-state index in [-0.39, 0.29) is 5.41 Å². The molecule has 2 nitrogen and oxygen atoms in total. The van der Waals surface area contributed by atoms with Gasteiger partial charge in [0.05, 0.1) is 0 Å². The number of hydrogen-bond donors (Lipinski definition) is 0. The molecular weight excluding hydrogens is 254 g/mol. The predicted octanol–water partition coefficient (Wildman–Crippen LogP) is 3.20. The number of rotatable bonds is 4. The van der Waals surface area contributed by atoms with E-state index in [1.54, 1.807) is 0 Å². The molecule has 1 fully saturated rings. The van der Waals surface area contributed by atoms with Gasteiger partial charge in [-0.3, -0.25) is 4.79 Å². The second-order valence-electron chi connectivity index (χ2n) is 4.89. The highest BCUT2D eigenvalue weighted by Crippen LogP contribution is 2.37. The SMILES string of the molecule is CN(CCCBr)C(=O)C1(C)CCCCC1. The highest BCUT2D eigenvalue weighted by Gasteiger charge is 2.36. The van der Waals surface area contributed by atoms with Crippen LogP contribution in [0.25, 0.3) is 0 Å². The molecule has 0 bridgehead atoms. The molecule has 0 spiro atoms. The van der Waals surface area contributed by atoms with Crippen molar-refractivity contribution in [3.05, 3.63) is 0 Å². The Morgan fingerprint density at radius 1 is 1.33 bits per heavy atom. The molecule has 0 unspecified atom stereocenters. The zero-order valence-corrected chi connectivity index (χ0v) is 11.5. The number of hydrogen-bond acceptors (Lipinski definition) is 1. The summed E-state index contributed by atoms with van der Waals surface area (Å²) in [6.07, 6.45) is 6.92. The molecule has 15 heavy (non-hydrogen) atoms. The molecule has 0 heterocycles. The fourth-order valence-electron chi connectivity index (χ4n) is 2.41. The Morgan fingerprint density at radius 2 is 1.93 bits per heavy atom. The lowest BCUT2D eigenvalue weighted by Crippen LogP contribution is -2.41. The molecule has 1 aliphatic rings. The van der Waals surface area contributed by atoms with Crippen LogP contribution in [0.15, 0.2) is 0 Å². The summed E-state index contributed by atoms with van der Waals surface area (Å²) in [6.45, 7) is 3.01. The fraction of sp³-hybridized carbons (Fsp3) is 0.917. The first-order valence-corrected chi connectivity index (χ1v) is 7.04. The van der Waals surface area contributed by atoms with E-state index < -0.39 is 0 Å². The van der Waals surface area contributed by atoms with E-state index in [1.165, 1.54) is 19.3 Å². The van der Waals surface area contributed by atoms with Crippen LogP contribution in [0.2, 0.25) is 0 Å². The Morgan fingerprint density at radius 3 is 2.47 bits per heavy atom. The van der Waals surface area contributed by atoms with Gasteiger partial charge in [0.25, 0.3) is 0 Å². The summed E-state index contributed by atoms with van der Waals surface area (Å²) in [5.41, 5.74) is -0.0701. The average Bonchev–Trinajstić information content (AvgIpc) is 2.26. The standard InChI is InChI=1S/C12H22BrNO/c1-12(7-4-3-5-8-12)11(15)14(2)10-6-9-13/h3-10H2,1-2H3. The number of nitrogens with zero attached hydrogens (tertiary/aromatic N) is 1. The molecule has 1 amide bonds. The molecule has 1 rings (SSSR count). The first kappa shape index (κ1) is 13.0. The fourth-order valence-corrected chi connectivity index (χ4v) is 2.66. The van der Waals surface area contributed by atoms with Crippen LogP contribution >= 0.6 is 15.9 Å². The normalized spacial score (nSPS) is 19.9. The van der Waals surface area contributed by atoms with E-state index in [9.17, 15) is 4.79 Å².